The Labute approximate surface area is 201 Å². The fourth-order valence-corrected chi connectivity index (χ4v) is 6.68. The monoisotopic (exact) mass is 483 g/mol. The molecule has 0 saturated carbocycles. The summed E-state index contributed by atoms with van der Waals surface area (Å²) in [5, 5.41) is 13.8. The van der Waals surface area contributed by atoms with Crippen LogP contribution >= 0.6 is 22.7 Å². The van der Waals surface area contributed by atoms with Gasteiger partial charge in [0.15, 0.2) is 0 Å². The summed E-state index contributed by atoms with van der Waals surface area (Å²) in [6.07, 6.45) is 4.02. The first-order valence-electron chi connectivity index (χ1n) is 11.4. The van der Waals surface area contributed by atoms with Crippen LogP contribution in [-0.4, -0.2) is 33.4 Å². The van der Waals surface area contributed by atoms with E-state index in [1.807, 2.05) is 13.8 Å². The highest BCUT2D eigenvalue weighted by Gasteiger charge is 2.23. The van der Waals surface area contributed by atoms with E-state index in [2.05, 4.69) is 30.1 Å². The minimum atomic E-state index is -0.307. The Morgan fingerprint density at radius 2 is 1.94 bits per heavy atom. The molecule has 0 aliphatic heterocycles. The number of thiophene rings is 2. The molecule has 0 aromatic carbocycles. The number of nitrogens with one attached hydrogen (secondary N) is 1. The molecule has 9 heteroatoms. The van der Waals surface area contributed by atoms with Gasteiger partial charge in [0, 0.05) is 9.75 Å². The van der Waals surface area contributed by atoms with Gasteiger partial charge in [-0.05, 0) is 63.7 Å². The number of nitriles is 1. The van der Waals surface area contributed by atoms with Crippen LogP contribution in [0.25, 0.3) is 10.2 Å². The average molecular weight is 484 g/mol. The standard InChI is InChI=1S/C24H29N5O2S2/c1-5-28(6-2)12-19-26-23-21(14(3)15(4)32-23)24(31)29(19)13-20(30)27-22-17(11-25)16-9-7-8-10-18(16)33-22/h5-10,12-13H2,1-4H3,(H,27,30). The highest BCUT2D eigenvalue weighted by Crippen LogP contribution is 2.37. The molecule has 0 fully saturated rings. The van der Waals surface area contributed by atoms with Gasteiger partial charge in [-0.25, -0.2) is 4.98 Å². The lowest BCUT2D eigenvalue weighted by Crippen LogP contribution is -2.34. The van der Waals surface area contributed by atoms with Crippen LogP contribution in [0.5, 0.6) is 0 Å². The van der Waals surface area contributed by atoms with Gasteiger partial charge in [0.05, 0.1) is 17.5 Å². The van der Waals surface area contributed by atoms with E-state index in [1.165, 1.54) is 32.1 Å². The van der Waals surface area contributed by atoms with Gasteiger partial charge >= 0.3 is 0 Å². The second kappa shape index (κ2) is 9.75. The third kappa shape index (κ3) is 4.47. The minimum Gasteiger partial charge on any atom is -0.315 e. The molecule has 3 aromatic rings. The van der Waals surface area contributed by atoms with E-state index >= 15 is 0 Å². The maximum absolute atomic E-state index is 13.5. The fourth-order valence-electron chi connectivity index (χ4n) is 4.38. The topological polar surface area (TPSA) is 91.0 Å². The summed E-state index contributed by atoms with van der Waals surface area (Å²) in [7, 11) is 0. The maximum atomic E-state index is 13.5. The summed E-state index contributed by atoms with van der Waals surface area (Å²) in [6, 6.07) is 2.28. The zero-order valence-electron chi connectivity index (χ0n) is 19.6. The van der Waals surface area contributed by atoms with E-state index in [9.17, 15) is 14.9 Å². The molecule has 3 heterocycles. The van der Waals surface area contributed by atoms with Crippen LogP contribution in [0.1, 0.15) is 59.0 Å². The van der Waals surface area contributed by atoms with E-state index in [-0.39, 0.29) is 18.0 Å². The number of carbonyl (C=O) groups excluding carboxylic acids is 1. The van der Waals surface area contributed by atoms with Gasteiger partial charge < -0.3 is 5.32 Å². The lowest BCUT2D eigenvalue weighted by Gasteiger charge is -2.20. The minimum absolute atomic E-state index is 0.125. The number of hydrogen-bond acceptors (Lipinski definition) is 7. The smallest absolute Gasteiger partial charge is 0.263 e. The number of aromatic nitrogens is 2. The molecule has 0 bridgehead atoms. The van der Waals surface area contributed by atoms with E-state index in [0.717, 1.165) is 59.6 Å². The molecule has 0 saturated heterocycles. The van der Waals surface area contributed by atoms with E-state index < -0.39 is 0 Å². The molecule has 1 aliphatic carbocycles. The van der Waals surface area contributed by atoms with Crippen molar-refractivity contribution >= 4 is 43.8 Å². The first-order chi connectivity index (χ1) is 15.9. The lowest BCUT2D eigenvalue weighted by molar-refractivity contribution is -0.116. The van der Waals surface area contributed by atoms with E-state index in [4.69, 9.17) is 4.98 Å². The van der Waals surface area contributed by atoms with Gasteiger partial charge in [0.2, 0.25) is 5.91 Å². The lowest BCUT2D eigenvalue weighted by atomic mass is 9.96. The van der Waals surface area contributed by atoms with Crippen LogP contribution in [0.15, 0.2) is 4.79 Å². The van der Waals surface area contributed by atoms with Crippen molar-refractivity contribution < 1.29 is 4.79 Å². The van der Waals surface area contributed by atoms with Gasteiger partial charge in [0.1, 0.15) is 28.3 Å². The Hall–Kier alpha value is -2.54. The molecule has 0 atom stereocenters. The molecule has 174 valence electrons. The Balaban J connectivity index is 1.70. The maximum Gasteiger partial charge on any atom is 0.263 e. The number of anilines is 1. The number of fused-ring (bicyclic) bond motifs is 2. The predicted octanol–water partition coefficient (Wildman–Crippen LogP) is 4.37. The summed E-state index contributed by atoms with van der Waals surface area (Å²) in [6.45, 7) is 10.1. The first-order valence-corrected chi connectivity index (χ1v) is 13.1. The van der Waals surface area contributed by atoms with Crippen LogP contribution in [0.3, 0.4) is 0 Å². The number of hydrogen-bond donors (Lipinski definition) is 1. The van der Waals surface area contributed by atoms with Crippen molar-refractivity contribution in [1.29, 1.82) is 5.26 Å². The van der Waals surface area contributed by atoms with Crippen LogP contribution in [0.4, 0.5) is 5.00 Å². The van der Waals surface area contributed by atoms with Crippen LogP contribution in [0, 0.1) is 25.2 Å². The largest absolute Gasteiger partial charge is 0.315 e. The highest BCUT2D eigenvalue weighted by atomic mass is 32.1. The number of amides is 1. The Kier molecular flexibility index (Phi) is 6.98. The molecular weight excluding hydrogens is 454 g/mol. The molecule has 4 rings (SSSR count). The molecule has 3 aromatic heterocycles. The zero-order valence-corrected chi connectivity index (χ0v) is 21.2. The molecule has 0 radical (unpaired) electrons. The van der Waals surface area contributed by atoms with Crippen molar-refractivity contribution in [3.8, 4) is 6.07 Å². The molecule has 7 nitrogen and oxygen atoms in total. The van der Waals surface area contributed by atoms with Crippen molar-refractivity contribution in [3.63, 3.8) is 0 Å². The Bertz CT molecular complexity index is 1310. The summed E-state index contributed by atoms with van der Waals surface area (Å²) in [5.41, 5.74) is 2.41. The van der Waals surface area contributed by atoms with Gasteiger partial charge in [-0.1, -0.05) is 13.8 Å². The summed E-state index contributed by atoms with van der Waals surface area (Å²) < 4.78 is 1.51. The molecule has 0 unspecified atom stereocenters. The quantitative estimate of drug-likeness (QED) is 0.539. The van der Waals surface area contributed by atoms with Crippen molar-refractivity contribution in [3.05, 3.63) is 42.6 Å². The zero-order chi connectivity index (χ0) is 23.7. The number of rotatable bonds is 7. The van der Waals surface area contributed by atoms with Gasteiger partial charge in [0.25, 0.3) is 5.56 Å². The normalized spacial score (nSPS) is 13.3. The van der Waals surface area contributed by atoms with E-state index in [0.29, 0.717) is 28.3 Å². The molecule has 1 N–H and O–H groups in total. The molecule has 0 spiro atoms. The van der Waals surface area contributed by atoms with E-state index in [1.54, 1.807) is 0 Å². The second-order valence-electron chi connectivity index (χ2n) is 8.42. The Morgan fingerprint density at radius 1 is 1.21 bits per heavy atom. The van der Waals surface area contributed by atoms with Crippen molar-refractivity contribution in [1.82, 2.24) is 14.5 Å². The highest BCUT2D eigenvalue weighted by molar-refractivity contribution is 7.18. The molecular formula is C24H29N5O2S2. The number of nitrogens with zero attached hydrogens (tertiary/aromatic N) is 4. The van der Waals surface area contributed by atoms with Gasteiger partial charge in [-0.15, -0.1) is 22.7 Å². The third-order valence-electron chi connectivity index (χ3n) is 6.47. The third-order valence-corrected chi connectivity index (χ3v) is 8.77. The summed E-state index contributed by atoms with van der Waals surface area (Å²) in [5.74, 6) is 0.289. The van der Waals surface area contributed by atoms with Crippen LogP contribution < -0.4 is 10.9 Å². The summed E-state index contributed by atoms with van der Waals surface area (Å²) in [4.78, 5) is 36.6. The number of aryl methyl sites for hydroxylation is 3. The van der Waals surface area contributed by atoms with Gasteiger partial charge in [-0.3, -0.25) is 19.1 Å². The molecule has 33 heavy (non-hydrogen) atoms. The van der Waals surface area contributed by atoms with Crippen molar-refractivity contribution in [2.75, 3.05) is 18.4 Å². The summed E-state index contributed by atoms with van der Waals surface area (Å²) >= 11 is 3.02. The van der Waals surface area contributed by atoms with Crippen LogP contribution in [0.2, 0.25) is 0 Å². The second-order valence-corrected chi connectivity index (χ2v) is 10.7. The Morgan fingerprint density at radius 3 is 2.64 bits per heavy atom. The first kappa shape index (κ1) is 23.6. The van der Waals surface area contributed by atoms with Crippen LogP contribution in [-0.2, 0) is 30.7 Å². The number of carbonyl (C=O) groups is 1. The van der Waals surface area contributed by atoms with Crippen molar-refractivity contribution in [2.24, 2.45) is 0 Å². The molecule has 1 aliphatic rings. The SMILES string of the molecule is CCN(CC)Cc1nc2sc(C)c(C)c2c(=O)n1CC(=O)Nc1sc2c(c1C#N)CCCC2. The fraction of sp³-hybridized carbons (Fsp3) is 0.500. The average Bonchev–Trinajstić information content (AvgIpc) is 3.29. The van der Waals surface area contributed by atoms with Crippen molar-refractivity contribution in [2.45, 2.75) is 66.5 Å². The molecule has 1 amide bonds. The predicted molar refractivity (Wildman–Crippen MR) is 134 cm³/mol. The van der Waals surface area contributed by atoms with Gasteiger partial charge in [-0.2, -0.15) is 5.26 Å².